The van der Waals surface area contributed by atoms with Crippen molar-refractivity contribution in [3.63, 3.8) is 0 Å². The molecular weight excluding hydrogens is 110 g/mol. The van der Waals surface area contributed by atoms with E-state index >= 15 is 0 Å². The number of hydrogen-bond donors (Lipinski definition) is 1. The maximum absolute atomic E-state index is 4.95. The summed E-state index contributed by atoms with van der Waals surface area (Å²) in [6, 6.07) is 0. The van der Waals surface area contributed by atoms with Crippen LogP contribution < -0.4 is 5.73 Å². The Labute approximate surface area is 49.7 Å². The monoisotopic (exact) mass is 115 g/mol. The fraction of sp³-hybridized carbons (Fsp3) is 0.200. The van der Waals surface area contributed by atoms with Crippen molar-refractivity contribution in [3.8, 4) is 24.2 Å². The van der Waals surface area contributed by atoms with Gasteiger partial charge in [0.15, 0.2) is 0 Å². The lowest BCUT2D eigenvalue weighted by atomic mass is 10.6. The van der Waals surface area contributed by atoms with Crippen LogP contribution in [0.2, 0.25) is 0 Å². The highest BCUT2D eigenvalue weighted by Gasteiger charge is 1.50. The largest absolute Gasteiger partial charge is 0.320 e. The van der Waals surface area contributed by atoms with E-state index < -0.39 is 0 Å². The van der Waals surface area contributed by atoms with Gasteiger partial charge in [-0.1, -0.05) is 5.92 Å². The van der Waals surface area contributed by atoms with E-state index in [1.165, 1.54) is 0 Å². The van der Waals surface area contributed by atoms with Gasteiger partial charge in [0.2, 0.25) is 0 Å². The fourth-order valence-corrected chi connectivity index (χ4v) is 0.102. The van der Waals surface area contributed by atoms with E-state index in [4.69, 9.17) is 12.2 Å². The molecule has 0 saturated carbocycles. The Balaban J connectivity index is 0. The molecule has 0 aromatic carbocycles. The zero-order valence-corrected chi connectivity index (χ0v) is 4.59. The minimum atomic E-state index is 0. The maximum atomic E-state index is 4.95. The van der Waals surface area contributed by atoms with Gasteiger partial charge in [-0.3, -0.25) is 0 Å². The van der Waals surface area contributed by atoms with Gasteiger partial charge in [-0.25, -0.2) is 0 Å². The van der Waals surface area contributed by atoms with Crippen LogP contribution in [0.5, 0.6) is 0 Å². The Morgan fingerprint density at radius 3 is 2.29 bits per heavy atom. The Hall–Kier alpha value is -0.630. The molecule has 38 valence electrons. The number of halogens is 1. The topological polar surface area (TPSA) is 26.0 Å². The highest BCUT2D eigenvalue weighted by Crippen LogP contribution is 1.42. The maximum Gasteiger partial charge on any atom is 0.0561 e. The summed E-state index contributed by atoms with van der Waals surface area (Å²) in [5.74, 6) is 6.97. The van der Waals surface area contributed by atoms with Gasteiger partial charge in [0.25, 0.3) is 0 Å². The van der Waals surface area contributed by atoms with E-state index in [2.05, 4.69) is 17.8 Å². The van der Waals surface area contributed by atoms with Crippen LogP contribution in [-0.4, -0.2) is 6.54 Å². The third-order valence-corrected chi connectivity index (χ3v) is 0.263. The summed E-state index contributed by atoms with van der Waals surface area (Å²) >= 11 is 0. The van der Waals surface area contributed by atoms with E-state index in [-0.39, 0.29) is 12.4 Å². The Bertz CT molecular complexity index is 112. The number of nitrogens with two attached hydrogens (primary N) is 1. The second-order valence-corrected chi connectivity index (χ2v) is 0.650. The molecule has 0 radical (unpaired) electrons. The van der Waals surface area contributed by atoms with E-state index in [9.17, 15) is 0 Å². The average molecular weight is 116 g/mol. The van der Waals surface area contributed by atoms with Gasteiger partial charge in [0.05, 0.1) is 6.54 Å². The summed E-state index contributed by atoms with van der Waals surface area (Å²) in [5.41, 5.74) is 4.95. The van der Waals surface area contributed by atoms with Gasteiger partial charge in [-0.05, 0) is 11.8 Å². The van der Waals surface area contributed by atoms with Crippen molar-refractivity contribution in [1.29, 1.82) is 0 Å². The Kier molecular flexibility index (Phi) is 12.4. The summed E-state index contributed by atoms with van der Waals surface area (Å²) in [5, 5.41) is 0. The highest BCUT2D eigenvalue weighted by molar-refractivity contribution is 5.85. The van der Waals surface area contributed by atoms with Crippen molar-refractivity contribution >= 4 is 12.4 Å². The highest BCUT2D eigenvalue weighted by atomic mass is 35.5. The lowest BCUT2D eigenvalue weighted by Gasteiger charge is -1.60. The van der Waals surface area contributed by atoms with Crippen molar-refractivity contribution in [2.75, 3.05) is 6.54 Å². The second kappa shape index (κ2) is 9.03. The van der Waals surface area contributed by atoms with Crippen molar-refractivity contribution in [2.45, 2.75) is 0 Å². The van der Waals surface area contributed by atoms with Crippen molar-refractivity contribution in [3.05, 3.63) is 0 Å². The van der Waals surface area contributed by atoms with Gasteiger partial charge in [0, 0.05) is 0 Å². The third kappa shape index (κ3) is 10.9. The molecule has 0 fully saturated rings. The van der Waals surface area contributed by atoms with Crippen LogP contribution in [0.4, 0.5) is 0 Å². The summed E-state index contributed by atoms with van der Waals surface area (Å²) < 4.78 is 0. The lowest BCUT2D eigenvalue weighted by Crippen LogP contribution is -1.92. The predicted octanol–water partition coefficient (Wildman–Crippen LogP) is 0.00350. The first-order valence-corrected chi connectivity index (χ1v) is 1.55. The molecule has 0 heterocycles. The summed E-state index contributed by atoms with van der Waals surface area (Å²) in [6.07, 6.45) is 4.74. The van der Waals surface area contributed by atoms with Gasteiger partial charge in [-0.2, -0.15) is 0 Å². The van der Waals surface area contributed by atoms with Crippen LogP contribution in [-0.2, 0) is 0 Å². The first-order valence-electron chi connectivity index (χ1n) is 1.55. The fourth-order valence-electron chi connectivity index (χ4n) is 0.102. The molecule has 0 aliphatic carbocycles. The minimum absolute atomic E-state index is 0. The van der Waals surface area contributed by atoms with Gasteiger partial charge >= 0.3 is 0 Å². The predicted molar refractivity (Wildman–Crippen MR) is 32.9 cm³/mol. The molecule has 0 saturated heterocycles. The summed E-state index contributed by atoms with van der Waals surface area (Å²) in [4.78, 5) is 0. The van der Waals surface area contributed by atoms with Gasteiger partial charge in [-0.15, -0.1) is 18.8 Å². The SMILES string of the molecule is C#CC#CCN.Cl. The second-order valence-electron chi connectivity index (χ2n) is 0.650. The number of terminal acetylenes is 1. The van der Waals surface area contributed by atoms with Crippen LogP contribution in [0.25, 0.3) is 0 Å². The molecule has 0 spiro atoms. The summed E-state index contributed by atoms with van der Waals surface area (Å²) in [6.45, 7) is 0.351. The van der Waals surface area contributed by atoms with Crippen LogP contribution >= 0.6 is 12.4 Å². The number of rotatable bonds is 0. The van der Waals surface area contributed by atoms with E-state index in [1.54, 1.807) is 0 Å². The molecule has 0 aromatic heterocycles. The van der Waals surface area contributed by atoms with E-state index in [0.29, 0.717) is 6.54 Å². The first kappa shape index (κ1) is 9.62. The molecule has 1 nitrogen and oxygen atoms in total. The molecular formula is C5H6ClN. The molecule has 0 unspecified atom stereocenters. The van der Waals surface area contributed by atoms with Gasteiger partial charge in [0.1, 0.15) is 0 Å². The van der Waals surface area contributed by atoms with Crippen LogP contribution in [0.3, 0.4) is 0 Å². The standard InChI is InChI=1S/C5H5N.ClH/c1-2-3-4-5-6;/h1H,5-6H2;1H. The molecule has 7 heavy (non-hydrogen) atoms. The molecule has 0 rings (SSSR count). The zero-order chi connectivity index (χ0) is 4.83. The van der Waals surface area contributed by atoms with E-state index in [1.807, 2.05) is 0 Å². The minimum Gasteiger partial charge on any atom is -0.320 e. The van der Waals surface area contributed by atoms with E-state index in [0.717, 1.165) is 0 Å². The Morgan fingerprint density at radius 1 is 1.57 bits per heavy atom. The molecule has 0 aliphatic heterocycles. The zero-order valence-electron chi connectivity index (χ0n) is 3.77. The average Bonchev–Trinajstić information content (AvgIpc) is 1.61. The molecule has 2 heteroatoms. The van der Waals surface area contributed by atoms with Gasteiger partial charge < -0.3 is 5.73 Å². The normalized spacial score (nSPS) is 4.00. The molecule has 0 aromatic rings. The molecule has 0 aliphatic rings. The molecule has 0 bridgehead atoms. The summed E-state index contributed by atoms with van der Waals surface area (Å²) in [7, 11) is 0. The van der Waals surface area contributed by atoms with Crippen molar-refractivity contribution in [2.24, 2.45) is 5.73 Å². The van der Waals surface area contributed by atoms with Crippen LogP contribution in [0.1, 0.15) is 0 Å². The molecule has 0 amide bonds. The van der Waals surface area contributed by atoms with Crippen molar-refractivity contribution < 1.29 is 0 Å². The molecule has 0 atom stereocenters. The third-order valence-electron chi connectivity index (χ3n) is 0.263. The Morgan fingerprint density at radius 2 is 2.14 bits per heavy atom. The van der Waals surface area contributed by atoms with Crippen molar-refractivity contribution in [1.82, 2.24) is 0 Å². The first-order chi connectivity index (χ1) is 2.91. The van der Waals surface area contributed by atoms with Crippen LogP contribution in [0.15, 0.2) is 0 Å². The molecule has 2 N–H and O–H groups in total. The quantitative estimate of drug-likeness (QED) is 0.442. The lowest BCUT2D eigenvalue weighted by molar-refractivity contribution is 1.30. The number of hydrogen-bond acceptors (Lipinski definition) is 1. The van der Waals surface area contributed by atoms with Crippen LogP contribution in [0, 0.1) is 24.2 Å². The smallest absolute Gasteiger partial charge is 0.0561 e.